The molecule has 1 unspecified atom stereocenters. The predicted octanol–water partition coefficient (Wildman–Crippen LogP) is 3.69. The fraction of sp³-hybridized carbons (Fsp3) is 0.429. The zero-order chi connectivity index (χ0) is 17.4. The number of alkyl halides is 3. The molecule has 9 heteroatoms. The second-order valence-corrected chi connectivity index (χ2v) is 6.13. The maximum Gasteiger partial charge on any atom is 0.416 e. The highest BCUT2D eigenvalue weighted by molar-refractivity contribution is 6.31. The third-order valence-electron chi connectivity index (χ3n) is 3.75. The third kappa shape index (κ3) is 3.87. The molecule has 1 fully saturated rings. The van der Waals surface area contributed by atoms with Gasteiger partial charge in [-0.25, -0.2) is 4.79 Å². The van der Waals surface area contributed by atoms with E-state index in [1.807, 2.05) is 0 Å². The number of nitrogens with zero attached hydrogens (tertiary/aromatic N) is 1. The minimum absolute atomic E-state index is 0.0130. The van der Waals surface area contributed by atoms with Crippen molar-refractivity contribution in [2.24, 2.45) is 5.41 Å². The van der Waals surface area contributed by atoms with Gasteiger partial charge in [0, 0.05) is 23.8 Å². The number of carbonyl (C=O) groups excluding carboxylic acids is 1. The molecule has 0 spiro atoms. The fourth-order valence-corrected chi connectivity index (χ4v) is 2.57. The van der Waals surface area contributed by atoms with Crippen LogP contribution in [0.15, 0.2) is 18.2 Å². The molecule has 0 bridgehead atoms. The number of carbonyl (C=O) groups is 2. The number of nitrogens with one attached hydrogen (secondary N) is 1. The minimum Gasteiger partial charge on any atom is -0.481 e. The van der Waals surface area contributed by atoms with Gasteiger partial charge in [-0.15, -0.1) is 0 Å². The summed E-state index contributed by atoms with van der Waals surface area (Å²) in [5, 5.41) is 11.3. The lowest BCUT2D eigenvalue weighted by molar-refractivity contribution is -0.147. The van der Waals surface area contributed by atoms with E-state index >= 15 is 0 Å². The van der Waals surface area contributed by atoms with Gasteiger partial charge in [0.2, 0.25) is 0 Å². The van der Waals surface area contributed by atoms with E-state index < -0.39 is 29.2 Å². The number of carboxylic acids is 1. The van der Waals surface area contributed by atoms with Crippen LogP contribution in [0.3, 0.4) is 0 Å². The van der Waals surface area contributed by atoms with Crippen molar-refractivity contribution in [1.82, 2.24) is 4.90 Å². The van der Waals surface area contributed by atoms with E-state index in [1.54, 1.807) is 0 Å². The molecule has 1 aromatic rings. The summed E-state index contributed by atoms with van der Waals surface area (Å²) in [4.78, 5) is 24.5. The number of carboxylic acid groups (broad SMARTS) is 1. The first kappa shape index (κ1) is 17.4. The van der Waals surface area contributed by atoms with E-state index in [0.717, 1.165) is 12.1 Å². The standard InChI is InChI=1S/C14H14ClF3N2O3/c1-13(11(21)22)2-3-20(7-13)12(23)19-10-5-8(14(16,17)18)4-9(15)6-10/h4-6H,2-3,7H2,1H3,(H,19,23)(H,21,22). The number of urea groups is 1. The summed E-state index contributed by atoms with van der Waals surface area (Å²) in [6, 6.07) is 2.07. The van der Waals surface area contributed by atoms with Gasteiger partial charge in [0.15, 0.2) is 0 Å². The lowest BCUT2D eigenvalue weighted by Gasteiger charge is -2.21. The van der Waals surface area contributed by atoms with Crippen LogP contribution in [0, 0.1) is 5.41 Å². The van der Waals surface area contributed by atoms with E-state index in [2.05, 4.69) is 5.32 Å². The van der Waals surface area contributed by atoms with E-state index in [1.165, 1.54) is 17.9 Å². The van der Waals surface area contributed by atoms with Crippen LogP contribution in [-0.4, -0.2) is 35.1 Å². The Labute approximate surface area is 135 Å². The number of halogens is 4. The van der Waals surface area contributed by atoms with Gasteiger partial charge < -0.3 is 15.3 Å². The highest BCUT2D eigenvalue weighted by atomic mass is 35.5. The van der Waals surface area contributed by atoms with Gasteiger partial charge in [0.25, 0.3) is 0 Å². The molecule has 0 saturated carbocycles. The van der Waals surface area contributed by atoms with Gasteiger partial charge >= 0.3 is 18.2 Å². The zero-order valence-electron chi connectivity index (χ0n) is 12.1. The molecular weight excluding hydrogens is 337 g/mol. The second kappa shape index (κ2) is 5.92. The molecule has 0 radical (unpaired) electrons. The lowest BCUT2D eigenvalue weighted by atomic mass is 9.90. The second-order valence-electron chi connectivity index (χ2n) is 5.69. The summed E-state index contributed by atoms with van der Waals surface area (Å²) >= 11 is 5.64. The lowest BCUT2D eigenvalue weighted by Crippen LogP contribution is -2.37. The average molecular weight is 351 g/mol. The summed E-state index contributed by atoms with van der Waals surface area (Å²) in [7, 11) is 0. The largest absolute Gasteiger partial charge is 0.481 e. The van der Waals surface area contributed by atoms with Crippen molar-refractivity contribution in [2.45, 2.75) is 19.5 Å². The molecule has 1 aliphatic rings. The molecule has 2 rings (SSSR count). The van der Waals surface area contributed by atoms with Gasteiger partial charge in [-0.05, 0) is 31.5 Å². The van der Waals surface area contributed by atoms with Crippen molar-refractivity contribution in [3.8, 4) is 0 Å². The van der Waals surface area contributed by atoms with Crippen molar-refractivity contribution in [2.75, 3.05) is 18.4 Å². The number of likely N-dealkylation sites (tertiary alicyclic amines) is 1. The molecule has 5 nitrogen and oxygen atoms in total. The number of anilines is 1. The highest BCUT2D eigenvalue weighted by Gasteiger charge is 2.42. The number of amides is 2. The van der Waals surface area contributed by atoms with Gasteiger partial charge in [-0.2, -0.15) is 13.2 Å². The van der Waals surface area contributed by atoms with E-state index in [9.17, 15) is 22.8 Å². The molecule has 0 aliphatic carbocycles. The zero-order valence-corrected chi connectivity index (χ0v) is 12.8. The molecule has 2 N–H and O–H groups in total. The Morgan fingerprint density at radius 3 is 2.52 bits per heavy atom. The monoisotopic (exact) mass is 350 g/mol. The first-order valence-electron chi connectivity index (χ1n) is 6.68. The number of hydrogen-bond acceptors (Lipinski definition) is 2. The highest BCUT2D eigenvalue weighted by Crippen LogP contribution is 2.34. The fourth-order valence-electron chi connectivity index (χ4n) is 2.34. The summed E-state index contributed by atoms with van der Waals surface area (Å²) in [6.45, 7) is 1.71. The molecule has 2 amide bonds. The van der Waals surface area contributed by atoms with Crippen LogP contribution in [0.4, 0.5) is 23.7 Å². The molecule has 1 aromatic carbocycles. The van der Waals surface area contributed by atoms with Crippen molar-refractivity contribution >= 4 is 29.3 Å². The van der Waals surface area contributed by atoms with Gasteiger partial charge in [0.1, 0.15) is 0 Å². The molecule has 1 saturated heterocycles. The number of aliphatic carboxylic acids is 1. The van der Waals surface area contributed by atoms with Gasteiger partial charge in [-0.3, -0.25) is 4.79 Å². The Morgan fingerprint density at radius 1 is 1.35 bits per heavy atom. The number of rotatable bonds is 2. The summed E-state index contributed by atoms with van der Waals surface area (Å²) < 4.78 is 38.2. The maximum absolute atomic E-state index is 12.7. The average Bonchev–Trinajstić information content (AvgIpc) is 2.81. The van der Waals surface area contributed by atoms with Crippen molar-refractivity contribution in [3.05, 3.63) is 28.8 Å². The van der Waals surface area contributed by atoms with Crippen molar-refractivity contribution < 1.29 is 27.9 Å². The Kier molecular flexibility index (Phi) is 4.48. The van der Waals surface area contributed by atoms with Gasteiger partial charge in [0.05, 0.1) is 11.0 Å². The van der Waals surface area contributed by atoms with E-state index in [4.69, 9.17) is 16.7 Å². The number of benzene rings is 1. The molecule has 1 aliphatic heterocycles. The minimum atomic E-state index is -4.58. The number of hydrogen-bond donors (Lipinski definition) is 2. The topological polar surface area (TPSA) is 69.6 Å². The Bertz CT molecular complexity index is 651. The maximum atomic E-state index is 12.7. The van der Waals surface area contributed by atoms with Crippen LogP contribution in [0.2, 0.25) is 5.02 Å². The predicted molar refractivity (Wildman–Crippen MR) is 77.4 cm³/mol. The quantitative estimate of drug-likeness (QED) is 0.854. The van der Waals surface area contributed by atoms with Gasteiger partial charge in [-0.1, -0.05) is 11.6 Å². The molecule has 0 aromatic heterocycles. The van der Waals surface area contributed by atoms with Crippen LogP contribution >= 0.6 is 11.6 Å². The van der Waals surface area contributed by atoms with Crippen LogP contribution in [-0.2, 0) is 11.0 Å². The van der Waals surface area contributed by atoms with E-state index in [-0.39, 0.29) is 30.2 Å². The van der Waals surface area contributed by atoms with Crippen LogP contribution in [0.25, 0.3) is 0 Å². The van der Waals surface area contributed by atoms with Crippen LogP contribution in [0.5, 0.6) is 0 Å². The molecular formula is C14H14ClF3N2O3. The molecule has 1 heterocycles. The summed E-state index contributed by atoms with van der Waals surface area (Å²) in [5.74, 6) is -1.02. The Balaban J connectivity index is 2.13. The Morgan fingerprint density at radius 2 is 2.00 bits per heavy atom. The summed E-state index contributed by atoms with van der Waals surface area (Å²) in [6.07, 6.45) is -4.31. The Hall–Kier alpha value is -1.96. The molecule has 23 heavy (non-hydrogen) atoms. The van der Waals surface area contributed by atoms with E-state index in [0.29, 0.717) is 0 Å². The van der Waals surface area contributed by atoms with Crippen LogP contribution in [0.1, 0.15) is 18.9 Å². The normalized spacial score (nSPS) is 21.3. The molecule has 126 valence electrons. The third-order valence-corrected chi connectivity index (χ3v) is 3.97. The van der Waals surface area contributed by atoms with Crippen LogP contribution < -0.4 is 5.32 Å². The summed E-state index contributed by atoms with van der Waals surface area (Å²) in [5.41, 5.74) is -2.13. The first-order chi connectivity index (χ1) is 10.5. The van der Waals surface area contributed by atoms with Crippen molar-refractivity contribution in [1.29, 1.82) is 0 Å². The first-order valence-corrected chi connectivity index (χ1v) is 7.06. The smallest absolute Gasteiger partial charge is 0.416 e. The SMILES string of the molecule is CC1(C(=O)O)CCN(C(=O)Nc2cc(Cl)cc(C(F)(F)F)c2)C1. The van der Waals surface area contributed by atoms with Crippen molar-refractivity contribution in [3.63, 3.8) is 0 Å². The molecule has 1 atom stereocenters.